The fraction of sp³-hybridized carbons (Fsp3) is 0.417. The van der Waals surface area contributed by atoms with Crippen LogP contribution < -0.4 is 15.5 Å². The minimum absolute atomic E-state index is 0.0749. The maximum atomic E-state index is 12.6. The molecule has 1 atom stereocenters. The molecule has 1 amide bonds. The number of hydrogen-bond acceptors (Lipinski definition) is 8. The molecular formula is C24H28FN7O2. The van der Waals surface area contributed by atoms with Gasteiger partial charge in [-0.2, -0.15) is 0 Å². The van der Waals surface area contributed by atoms with Crippen molar-refractivity contribution in [2.45, 2.75) is 6.10 Å². The Bertz CT molecular complexity index is 1130. The number of fused-ring (bicyclic) bond motifs is 1. The normalized spacial score (nSPS) is 18.8. The van der Waals surface area contributed by atoms with Crippen molar-refractivity contribution in [1.29, 1.82) is 0 Å². The molecule has 0 aliphatic carbocycles. The summed E-state index contributed by atoms with van der Waals surface area (Å²) in [7, 11) is 0. The molecule has 0 saturated carbocycles. The van der Waals surface area contributed by atoms with Crippen LogP contribution in [-0.2, 0) is 9.53 Å². The molecule has 3 aromatic rings. The Hall–Kier alpha value is -3.37. The molecule has 34 heavy (non-hydrogen) atoms. The van der Waals surface area contributed by atoms with Crippen LogP contribution in [-0.4, -0.2) is 91.0 Å². The van der Waals surface area contributed by atoms with E-state index in [2.05, 4.69) is 37.6 Å². The van der Waals surface area contributed by atoms with Gasteiger partial charge in [0.1, 0.15) is 5.52 Å². The number of anilines is 2. The fourth-order valence-electron chi connectivity index (χ4n) is 4.35. The molecule has 2 fully saturated rings. The van der Waals surface area contributed by atoms with Crippen molar-refractivity contribution in [1.82, 2.24) is 25.2 Å². The summed E-state index contributed by atoms with van der Waals surface area (Å²) >= 11 is 0. The predicted octanol–water partition coefficient (Wildman–Crippen LogP) is 1.71. The Morgan fingerprint density at radius 2 is 1.94 bits per heavy atom. The number of piperazine rings is 1. The standard InChI is InChI=1S/C24H28FN7O2/c25-14-22(33)32-10-8-31(9-11-32)18-3-1-17(2-4-18)20-13-21-23(28-6-5-27-21)24(30-20)29-16-19-15-26-7-12-34-19/h1-6,13,19,26H,7-12,14-16H2,(H,29,30). The quantitative estimate of drug-likeness (QED) is 0.568. The highest BCUT2D eigenvalue weighted by Gasteiger charge is 2.21. The van der Waals surface area contributed by atoms with Gasteiger partial charge < -0.3 is 25.2 Å². The first kappa shape index (κ1) is 22.4. The van der Waals surface area contributed by atoms with Gasteiger partial charge in [0.25, 0.3) is 5.91 Å². The number of pyridine rings is 1. The Kier molecular flexibility index (Phi) is 6.77. The Labute approximate surface area is 197 Å². The molecule has 0 radical (unpaired) electrons. The Balaban J connectivity index is 1.33. The topological polar surface area (TPSA) is 95.5 Å². The van der Waals surface area contributed by atoms with E-state index < -0.39 is 12.6 Å². The number of ether oxygens (including phenoxy) is 1. The molecule has 0 bridgehead atoms. The van der Waals surface area contributed by atoms with Gasteiger partial charge in [0.2, 0.25) is 0 Å². The molecule has 0 spiro atoms. The number of rotatable bonds is 6. The molecule has 2 aliphatic heterocycles. The molecule has 1 unspecified atom stereocenters. The second-order valence-electron chi connectivity index (χ2n) is 8.41. The number of amides is 1. The first-order valence-electron chi connectivity index (χ1n) is 11.6. The van der Waals surface area contributed by atoms with Crippen LogP contribution in [0.1, 0.15) is 0 Å². The van der Waals surface area contributed by atoms with Crippen molar-refractivity contribution in [3.05, 3.63) is 42.7 Å². The maximum Gasteiger partial charge on any atom is 0.254 e. The minimum atomic E-state index is -0.931. The lowest BCUT2D eigenvalue weighted by Gasteiger charge is -2.35. The molecule has 9 nitrogen and oxygen atoms in total. The average molecular weight is 466 g/mol. The number of nitrogens with zero attached hydrogens (tertiary/aromatic N) is 5. The summed E-state index contributed by atoms with van der Waals surface area (Å²) in [6, 6.07) is 10.1. The van der Waals surface area contributed by atoms with E-state index in [1.165, 1.54) is 0 Å². The van der Waals surface area contributed by atoms with Gasteiger partial charge in [0.05, 0.1) is 23.9 Å². The van der Waals surface area contributed by atoms with Crippen molar-refractivity contribution in [2.24, 2.45) is 0 Å². The highest BCUT2D eigenvalue weighted by molar-refractivity contribution is 5.88. The van der Waals surface area contributed by atoms with E-state index in [1.54, 1.807) is 17.3 Å². The van der Waals surface area contributed by atoms with E-state index in [0.29, 0.717) is 45.1 Å². The first-order valence-corrected chi connectivity index (χ1v) is 11.6. The van der Waals surface area contributed by atoms with Crippen LogP contribution in [0.15, 0.2) is 42.7 Å². The summed E-state index contributed by atoms with van der Waals surface area (Å²) in [5, 5.41) is 6.74. The second kappa shape index (κ2) is 10.3. The number of hydrogen-bond donors (Lipinski definition) is 2. The molecule has 2 aromatic heterocycles. The van der Waals surface area contributed by atoms with Crippen molar-refractivity contribution in [3.8, 4) is 11.3 Å². The minimum Gasteiger partial charge on any atom is -0.374 e. The van der Waals surface area contributed by atoms with Crippen molar-refractivity contribution in [2.75, 3.05) is 69.3 Å². The number of carbonyl (C=O) groups is 1. The summed E-state index contributed by atoms with van der Waals surface area (Å²) < 4.78 is 18.4. The van der Waals surface area contributed by atoms with Crippen LogP contribution in [0.4, 0.5) is 15.9 Å². The molecule has 10 heteroatoms. The summed E-state index contributed by atoms with van der Waals surface area (Å²) in [5.41, 5.74) is 4.35. The average Bonchev–Trinajstić information content (AvgIpc) is 2.92. The number of benzene rings is 1. The maximum absolute atomic E-state index is 12.6. The van der Waals surface area contributed by atoms with Gasteiger partial charge >= 0.3 is 0 Å². The molecule has 178 valence electrons. The number of nitrogens with one attached hydrogen (secondary N) is 2. The van der Waals surface area contributed by atoms with Gasteiger partial charge in [0, 0.05) is 69.5 Å². The third-order valence-corrected chi connectivity index (χ3v) is 6.23. The van der Waals surface area contributed by atoms with Gasteiger partial charge in [-0.25, -0.2) is 14.4 Å². The lowest BCUT2D eigenvalue weighted by Crippen LogP contribution is -2.49. The smallest absolute Gasteiger partial charge is 0.254 e. The van der Waals surface area contributed by atoms with Crippen molar-refractivity contribution in [3.63, 3.8) is 0 Å². The first-order chi connectivity index (χ1) is 16.7. The number of alkyl halides is 1. The largest absolute Gasteiger partial charge is 0.374 e. The van der Waals surface area contributed by atoms with Crippen LogP contribution in [0.2, 0.25) is 0 Å². The SMILES string of the molecule is O=C(CF)N1CCN(c2ccc(-c3cc4nccnc4c(NCC4CNCCO4)n3)cc2)CC1. The van der Waals surface area contributed by atoms with Gasteiger partial charge in [-0.15, -0.1) is 0 Å². The molecule has 2 aliphatic rings. The van der Waals surface area contributed by atoms with Crippen LogP contribution in [0, 0.1) is 0 Å². The molecule has 5 rings (SSSR count). The highest BCUT2D eigenvalue weighted by atomic mass is 19.1. The van der Waals surface area contributed by atoms with Crippen LogP contribution in [0.3, 0.4) is 0 Å². The third kappa shape index (κ3) is 4.92. The monoisotopic (exact) mass is 465 g/mol. The zero-order valence-corrected chi connectivity index (χ0v) is 18.9. The van der Waals surface area contributed by atoms with E-state index >= 15 is 0 Å². The predicted molar refractivity (Wildman–Crippen MR) is 129 cm³/mol. The fourth-order valence-corrected chi connectivity index (χ4v) is 4.35. The van der Waals surface area contributed by atoms with E-state index in [-0.39, 0.29) is 6.10 Å². The van der Waals surface area contributed by atoms with Crippen LogP contribution in [0.25, 0.3) is 22.3 Å². The molecule has 1 aromatic carbocycles. The number of carbonyl (C=O) groups excluding carboxylic acids is 1. The van der Waals surface area contributed by atoms with Crippen molar-refractivity contribution >= 4 is 28.4 Å². The lowest BCUT2D eigenvalue weighted by atomic mass is 10.1. The van der Waals surface area contributed by atoms with Gasteiger partial charge in [-0.3, -0.25) is 9.78 Å². The summed E-state index contributed by atoms with van der Waals surface area (Å²) in [6.45, 7) is 4.50. The van der Waals surface area contributed by atoms with E-state index in [9.17, 15) is 9.18 Å². The number of aromatic nitrogens is 3. The Morgan fingerprint density at radius 3 is 2.68 bits per heavy atom. The highest BCUT2D eigenvalue weighted by Crippen LogP contribution is 2.27. The summed E-state index contributed by atoms with van der Waals surface area (Å²) in [4.78, 5) is 29.2. The van der Waals surface area contributed by atoms with E-state index in [1.807, 2.05) is 18.2 Å². The molecule has 4 heterocycles. The Morgan fingerprint density at radius 1 is 1.15 bits per heavy atom. The zero-order chi connectivity index (χ0) is 23.3. The second-order valence-corrected chi connectivity index (χ2v) is 8.41. The van der Waals surface area contributed by atoms with Gasteiger partial charge in [-0.05, 0) is 18.2 Å². The van der Waals surface area contributed by atoms with E-state index in [0.717, 1.165) is 41.1 Å². The zero-order valence-electron chi connectivity index (χ0n) is 18.9. The molecular weight excluding hydrogens is 437 g/mol. The van der Waals surface area contributed by atoms with Crippen LogP contribution in [0.5, 0.6) is 0 Å². The summed E-state index contributed by atoms with van der Waals surface area (Å²) in [6.07, 6.45) is 3.43. The van der Waals surface area contributed by atoms with E-state index in [4.69, 9.17) is 9.72 Å². The lowest BCUT2D eigenvalue weighted by molar-refractivity contribution is -0.132. The third-order valence-electron chi connectivity index (χ3n) is 6.23. The number of halogens is 1. The van der Waals surface area contributed by atoms with Gasteiger partial charge in [0.15, 0.2) is 12.5 Å². The van der Waals surface area contributed by atoms with Crippen molar-refractivity contribution < 1.29 is 13.9 Å². The molecule has 2 N–H and O–H groups in total. The number of morpholine rings is 1. The summed E-state index contributed by atoms with van der Waals surface area (Å²) in [5.74, 6) is 0.253. The molecule has 2 saturated heterocycles. The van der Waals surface area contributed by atoms with Crippen LogP contribution >= 0.6 is 0 Å². The van der Waals surface area contributed by atoms with Gasteiger partial charge in [-0.1, -0.05) is 12.1 Å².